The normalized spacial score (nSPS) is 10.7. The van der Waals surface area contributed by atoms with Gasteiger partial charge in [0.25, 0.3) is 5.91 Å². The van der Waals surface area contributed by atoms with Gasteiger partial charge in [-0.2, -0.15) is 0 Å². The fourth-order valence-electron chi connectivity index (χ4n) is 2.90. The fourth-order valence-corrected chi connectivity index (χ4v) is 4.18. The lowest BCUT2D eigenvalue weighted by molar-refractivity contribution is -0.120. The summed E-state index contributed by atoms with van der Waals surface area (Å²) in [6, 6.07) is 12.8. The van der Waals surface area contributed by atoms with E-state index in [0.717, 1.165) is 28.9 Å². The van der Waals surface area contributed by atoms with Crippen LogP contribution in [0.2, 0.25) is 5.02 Å². The number of benzene rings is 2. The maximum absolute atomic E-state index is 13.0. The molecule has 0 bridgehead atoms. The fraction of sp³-hybridized carbons (Fsp3) is 0.364. The zero-order chi connectivity index (χ0) is 21.5. The van der Waals surface area contributed by atoms with Crippen molar-refractivity contribution in [3.05, 3.63) is 47.5 Å². The summed E-state index contributed by atoms with van der Waals surface area (Å²) in [6.45, 7) is 3.92. The number of halogens is 2. The Morgan fingerprint density at radius 3 is 2.39 bits per heavy atom. The highest BCUT2D eigenvalue weighted by atomic mass is 35.5. The first-order valence-corrected chi connectivity index (χ1v) is 11.0. The summed E-state index contributed by atoms with van der Waals surface area (Å²) in [5.41, 5.74) is 0.831. The monoisotopic (exact) mass is 483 g/mol. The number of nitrogens with zero attached hydrogens (tertiary/aromatic N) is 3. The average Bonchev–Trinajstić information content (AvgIpc) is 3.13. The third kappa shape index (κ3) is 7.25. The molecule has 3 aromatic rings. The highest BCUT2D eigenvalue weighted by Gasteiger charge is 2.20. The van der Waals surface area contributed by atoms with Crippen LogP contribution in [0, 0.1) is 0 Å². The summed E-state index contributed by atoms with van der Waals surface area (Å²) in [5, 5.41) is 1.31. The number of amides is 1. The van der Waals surface area contributed by atoms with Gasteiger partial charge in [0.15, 0.2) is 11.7 Å². The van der Waals surface area contributed by atoms with Crippen LogP contribution in [0.5, 0.6) is 11.5 Å². The van der Waals surface area contributed by atoms with Crippen LogP contribution in [-0.2, 0) is 4.79 Å². The topological polar surface area (TPSA) is 54.9 Å². The summed E-state index contributed by atoms with van der Waals surface area (Å²) in [7, 11) is 4.03. The van der Waals surface area contributed by atoms with Crippen molar-refractivity contribution in [2.45, 2.75) is 13.3 Å². The van der Waals surface area contributed by atoms with Crippen LogP contribution in [0.15, 0.2) is 42.5 Å². The van der Waals surface area contributed by atoms with Gasteiger partial charge in [0.2, 0.25) is 0 Å². The van der Waals surface area contributed by atoms with Gasteiger partial charge in [-0.1, -0.05) is 22.9 Å². The zero-order valence-corrected chi connectivity index (χ0v) is 20.2. The van der Waals surface area contributed by atoms with E-state index in [-0.39, 0.29) is 24.9 Å². The lowest BCUT2D eigenvalue weighted by Gasteiger charge is -2.21. The Balaban J connectivity index is 0.00000341. The summed E-state index contributed by atoms with van der Waals surface area (Å²) < 4.78 is 12.1. The number of ether oxygens (including phenoxy) is 2. The van der Waals surface area contributed by atoms with Crippen LogP contribution in [0.25, 0.3) is 10.2 Å². The Morgan fingerprint density at radius 1 is 1.06 bits per heavy atom. The first-order valence-electron chi connectivity index (χ1n) is 9.83. The van der Waals surface area contributed by atoms with E-state index in [9.17, 15) is 4.79 Å². The molecule has 0 spiro atoms. The standard InChI is InChI=1S/C22H26ClN3O3S.ClH/c1-4-28-17-7-9-18(10-8-17)29-15-21(27)26(13-5-12-25(2)3)22-24-19-11-6-16(23)14-20(19)30-22;/h6-11,14H,4-5,12-13,15H2,1-3H3;1H. The summed E-state index contributed by atoms with van der Waals surface area (Å²) in [6.07, 6.45) is 0.832. The number of hydrogen-bond acceptors (Lipinski definition) is 6. The van der Waals surface area contributed by atoms with E-state index in [1.165, 1.54) is 11.3 Å². The Kier molecular flexibility index (Phi) is 9.84. The van der Waals surface area contributed by atoms with Crippen molar-refractivity contribution in [1.29, 1.82) is 0 Å². The second kappa shape index (κ2) is 12.1. The van der Waals surface area contributed by atoms with Crippen molar-refractivity contribution in [3.63, 3.8) is 0 Å². The van der Waals surface area contributed by atoms with Crippen LogP contribution >= 0.6 is 35.3 Å². The second-order valence-electron chi connectivity index (χ2n) is 7.00. The largest absolute Gasteiger partial charge is 0.494 e. The van der Waals surface area contributed by atoms with E-state index in [4.69, 9.17) is 21.1 Å². The lowest BCUT2D eigenvalue weighted by atomic mass is 10.3. The number of hydrogen-bond donors (Lipinski definition) is 0. The number of thiazole rings is 1. The molecule has 0 fully saturated rings. The Morgan fingerprint density at radius 2 is 1.74 bits per heavy atom. The minimum Gasteiger partial charge on any atom is -0.494 e. The Labute approximate surface area is 198 Å². The first kappa shape index (κ1) is 25.2. The second-order valence-corrected chi connectivity index (χ2v) is 8.45. The number of carbonyl (C=O) groups is 1. The van der Waals surface area contributed by atoms with Gasteiger partial charge in [0.1, 0.15) is 11.5 Å². The first-order chi connectivity index (χ1) is 14.5. The number of fused-ring (bicyclic) bond motifs is 1. The molecule has 0 saturated heterocycles. The van der Waals surface area contributed by atoms with Crippen molar-refractivity contribution < 1.29 is 14.3 Å². The summed E-state index contributed by atoms with van der Waals surface area (Å²) in [4.78, 5) is 21.4. The molecule has 0 aliphatic rings. The molecule has 9 heteroatoms. The molecular weight excluding hydrogens is 457 g/mol. The quantitative estimate of drug-likeness (QED) is 0.399. The number of anilines is 1. The number of aromatic nitrogens is 1. The van der Waals surface area contributed by atoms with Crippen LogP contribution in [0.4, 0.5) is 5.13 Å². The molecule has 0 saturated carbocycles. The Hall–Kier alpha value is -2.06. The van der Waals surface area contributed by atoms with E-state index in [0.29, 0.717) is 29.1 Å². The molecular formula is C22H27Cl2N3O3S. The summed E-state index contributed by atoms with van der Waals surface area (Å²) in [5.74, 6) is 1.26. The number of carbonyl (C=O) groups excluding carboxylic acids is 1. The minimum atomic E-state index is -0.132. The van der Waals surface area contributed by atoms with Crippen LogP contribution in [0.3, 0.4) is 0 Å². The number of rotatable bonds is 10. The van der Waals surface area contributed by atoms with Gasteiger partial charge >= 0.3 is 0 Å². The Bertz CT molecular complexity index is 980. The zero-order valence-electron chi connectivity index (χ0n) is 17.8. The molecule has 3 rings (SSSR count). The molecule has 0 aliphatic heterocycles. The molecule has 6 nitrogen and oxygen atoms in total. The van der Waals surface area contributed by atoms with Gasteiger partial charge in [-0.3, -0.25) is 9.69 Å². The molecule has 0 aliphatic carbocycles. The molecule has 31 heavy (non-hydrogen) atoms. The van der Waals surface area contributed by atoms with Crippen molar-refractivity contribution in [3.8, 4) is 11.5 Å². The molecule has 1 heterocycles. The van der Waals surface area contributed by atoms with Gasteiger partial charge in [0, 0.05) is 11.6 Å². The van der Waals surface area contributed by atoms with Gasteiger partial charge in [0.05, 0.1) is 16.8 Å². The maximum Gasteiger partial charge on any atom is 0.266 e. The van der Waals surface area contributed by atoms with Gasteiger partial charge in [-0.25, -0.2) is 4.98 Å². The highest BCUT2D eigenvalue weighted by Crippen LogP contribution is 2.31. The predicted octanol–water partition coefficient (Wildman–Crippen LogP) is 5.13. The summed E-state index contributed by atoms with van der Waals surface area (Å²) >= 11 is 7.56. The molecule has 1 amide bonds. The van der Waals surface area contributed by atoms with E-state index in [1.54, 1.807) is 23.1 Å². The van der Waals surface area contributed by atoms with E-state index in [1.807, 2.05) is 45.3 Å². The van der Waals surface area contributed by atoms with Gasteiger partial charge in [-0.05, 0) is 76.4 Å². The van der Waals surface area contributed by atoms with E-state index in [2.05, 4.69) is 9.88 Å². The predicted molar refractivity (Wildman–Crippen MR) is 131 cm³/mol. The van der Waals surface area contributed by atoms with Crippen LogP contribution in [-0.4, -0.2) is 56.2 Å². The molecule has 1 aromatic heterocycles. The van der Waals surface area contributed by atoms with Crippen LogP contribution in [0.1, 0.15) is 13.3 Å². The minimum absolute atomic E-state index is 0. The SMILES string of the molecule is CCOc1ccc(OCC(=O)N(CCCN(C)C)c2nc3ccc(Cl)cc3s2)cc1.Cl. The van der Waals surface area contributed by atoms with Crippen molar-refractivity contribution >= 4 is 56.6 Å². The highest BCUT2D eigenvalue weighted by molar-refractivity contribution is 7.22. The smallest absolute Gasteiger partial charge is 0.266 e. The molecule has 0 unspecified atom stereocenters. The third-order valence-corrected chi connectivity index (χ3v) is 5.63. The van der Waals surface area contributed by atoms with E-state index >= 15 is 0 Å². The molecule has 0 radical (unpaired) electrons. The van der Waals surface area contributed by atoms with Crippen molar-refractivity contribution in [1.82, 2.24) is 9.88 Å². The van der Waals surface area contributed by atoms with Gasteiger partial charge in [-0.15, -0.1) is 12.4 Å². The third-order valence-electron chi connectivity index (χ3n) is 4.36. The molecule has 0 atom stereocenters. The van der Waals surface area contributed by atoms with Gasteiger partial charge < -0.3 is 14.4 Å². The molecule has 0 N–H and O–H groups in total. The van der Waals surface area contributed by atoms with Crippen LogP contribution < -0.4 is 14.4 Å². The maximum atomic E-state index is 13.0. The van der Waals surface area contributed by atoms with E-state index < -0.39 is 0 Å². The average molecular weight is 484 g/mol. The molecule has 2 aromatic carbocycles. The van der Waals surface area contributed by atoms with Crippen molar-refractivity contribution in [2.75, 3.05) is 45.3 Å². The molecule has 168 valence electrons. The van der Waals surface area contributed by atoms with Crippen molar-refractivity contribution in [2.24, 2.45) is 0 Å². The lowest BCUT2D eigenvalue weighted by Crippen LogP contribution is -2.36.